The van der Waals surface area contributed by atoms with Crippen molar-refractivity contribution in [3.8, 4) is 50.2 Å². The van der Waals surface area contributed by atoms with E-state index in [1.54, 1.807) is 0 Å². The van der Waals surface area contributed by atoms with Crippen molar-refractivity contribution in [2.45, 2.75) is 0 Å². The first-order chi connectivity index (χ1) is 31.7. The van der Waals surface area contributed by atoms with Gasteiger partial charge in [0.25, 0.3) is 0 Å². The predicted octanol–water partition coefficient (Wildman–Crippen LogP) is 17.2. The number of rotatable bonds is 8. The highest BCUT2D eigenvalue weighted by Crippen LogP contribution is 2.42. The first-order valence-corrected chi connectivity index (χ1v) is 22.0. The highest BCUT2D eigenvalue weighted by atomic mass is 15.1. The first-order valence-electron chi connectivity index (χ1n) is 22.0. The molecule has 64 heavy (non-hydrogen) atoms. The van der Waals surface area contributed by atoms with Crippen molar-refractivity contribution in [1.29, 1.82) is 0 Å². The molecule has 0 amide bonds. The summed E-state index contributed by atoms with van der Waals surface area (Å²) in [6.45, 7) is 0. The average Bonchev–Trinajstić information content (AvgIpc) is 3.69. The van der Waals surface area contributed by atoms with E-state index in [1.807, 2.05) is 0 Å². The standard InChI is InChI=1S/C62H42N2/c1-3-14-43(15-4-1)44-26-32-51(33-27-44)63(52-34-28-47(29-35-52)56-24-13-21-46-18-9-10-22-55(46)56)53-36-30-48(31-37-53)59-42-54(38-39-57(59)45-16-5-2-6-17-45)64-61-25-12-11-23-58(61)60-40-49-19-7-8-20-50(49)41-62(60)64/h1-42H. The number of aromatic nitrogens is 1. The Kier molecular flexibility index (Phi) is 9.20. The minimum Gasteiger partial charge on any atom is -0.311 e. The molecule has 1 heterocycles. The topological polar surface area (TPSA) is 8.17 Å². The van der Waals surface area contributed by atoms with Gasteiger partial charge in [0.05, 0.1) is 11.0 Å². The second-order valence-electron chi connectivity index (χ2n) is 16.5. The van der Waals surface area contributed by atoms with Crippen LogP contribution in [0.5, 0.6) is 0 Å². The molecular formula is C62H42N2. The third-order valence-electron chi connectivity index (χ3n) is 12.8. The van der Waals surface area contributed by atoms with E-state index in [0.717, 1.165) is 28.3 Å². The maximum atomic E-state index is 2.44. The normalized spacial score (nSPS) is 11.4. The van der Waals surface area contributed by atoms with Gasteiger partial charge in [-0.15, -0.1) is 0 Å². The lowest BCUT2D eigenvalue weighted by Gasteiger charge is -2.26. The average molecular weight is 815 g/mol. The lowest BCUT2D eigenvalue weighted by atomic mass is 9.93. The Morgan fingerprint density at radius 1 is 0.250 bits per heavy atom. The fraction of sp³-hybridized carbons (Fsp3) is 0. The summed E-state index contributed by atoms with van der Waals surface area (Å²) in [5, 5.41) is 7.50. The van der Waals surface area contributed by atoms with Crippen LogP contribution in [0.1, 0.15) is 0 Å². The molecule has 11 aromatic carbocycles. The molecule has 0 fully saturated rings. The van der Waals surface area contributed by atoms with Gasteiger partial charge in [-0.2, -0.15) is 0 Å². The molecule has 12 aromatic rings. The van der Waals surface area contributed by atoms with Gasteiger partial charge >= 0.3 is 0 Å². The lowest BCUT2D eigenvalue weighted by molar-refractivity contribution is 1.18. The Morgan fingerprint density at radius 3 is 1.41 bits per heavy atom. The molecule has 0 atom stereocenters. The molecule has 12 rings (SSSR count). The lowest BCUT2D eigenvalue weighted by Crippen LogP contribution is -2.09. The fourth-order valence-corrected chi connectivity index (χ4v) is 9.65. The van der Waals surface area contributed by atoms with Crippen molar-refractivity contribution < 1.29 is 0 Å². The largest absolute Gasteiger partial charge is 0.311 e. The second kappa shape index (κ2) is 15.8. The molecule has 0 saturated carbocycles. The van der Waals surface area contributed by atoms with Gasteiger partial charge in [-0.1, -0.05) is 188 Å². The van der Waals surface area contributed by atoms with Crippen LogP contribution in [-0.4, -0.2) is 4.57 Å². The quantitative estimate of drug-likeness (QED) is 0.148. The smallest absolute Gasteiger partial charge is 0.0547 e. The van der Waals surface area contributed by atoms with Gasteiger partial charge in [0.1, 0.15) is 0 Å². The zero-order valence-corrected chi connectivity index (χ0v) is 35.1. The van der Waals surface area contributed by atoms with Gasteiger partial charge in [-0.25, -0.2) is 0 Å². The molecule has 1 aromatic heterocycles. The summed E-state index contributed by atoms with van der Waals surface area (Å²) in [4.78, 5) is 2.36. The van der Waals surface area contributed by atoms with Gasteiger partial charge in [-0.05, 0) is 133 Å². The summed E-state index contributed by atoms with van der Waals surface area (Å²) in [7, 11) is 0. The summed E-state index contributed by atoms with van der Waals surface area (Å²) in [6.07, 6.45) is 0. The van der Waals surface area contributed by atoms with Crippen LogP contribution in [0.2, 0.25) is 0 Å². The summed E-state index contributed by atoms with van der Waals surface area (Å²) in [5.74, 6) is 0. The number of hydrogen-bond acceptors (Lipinski definition) is 1. The highest BCUT2D eigenvalue weighted by Gasteiger charge is 2.18. The van der Waals surface area contributed by atoms with E-state index >= 15 is 0 Å². The fourth-order valence-electron chi connectivity index (χ4n) is 9.65. The van der Waals surface area contributed by atoms with E-state index in [1.165, 1.54) is 82.3 Å². The minimum absolute atomic E-state index is 1.08. The van der Waals surface area contributed by atoms with Crippen LogP contribution in [-0.2, 0) is 0 Å². The van der Waals surface area contributed by atoms with Gasteiger partial charge in [0.15, 0.2) is 0 Å². The summed E-state index contributed by atoms with van der Waals surface area (Å²) in [5.41, 5.74) is 16.3. The maximum absolute atomic E-state index is 2.44. The Hall–Kier alpha value is -8.46. The van der Waals surface area contributed by atoms with E-state index < -0.39 is 0 Å². The maximum Gasteiger partial charge on any atom is 0.0547 e. The van der Waals surface area contributed by atoms with Crippen molar-refractivity contribution in [1.82, 2.24) is 4.57 Å². The Labute approximate surface area is 373 Å². The number of nitrogens with zero attached hydrogens (tertiary/aromatic N) is 2. The van der Waals surface area contributed by atoms with Crippen molar-refractivity contribution in [3.05, 3.63) is 255 Å². The number of fused-ring (bicyclic) bond motifs is 5. The molecule has 0 spiro atoms. The van der Waals surface area contributed by atoms with Crippen LogP contribution in [0.25, 0.3) is 93.5 Å². The van der Waals surface area contributed by atoms with E-state index in [4.69, 9.17) is 0 Å². The van der Waals surface area contributed by atoms with Gasteiger partial charge in [0.2, 0.25) is 0 Å². The van der Waals surface area contributed by atoms with E-state index in [2.05, 4.69) is 264 Å². The third-order valence-corrected chi connectivity index (χ3v) is 12.8. The molecule has 0 aliphatic heterocycles. The predicted molar refractivity (Wildman–Crippen MR) is 272 cm³/mol. The van der Waals surface area contributed by atoms with Crippen LogP contribution in [0.15, 0.2) is 255 Å². The van der Waals surface area contributed by atoms with Gasteiger partial charge < -0.3 is 9.47 Å². The molecule has 2 nitrogen and oxygen atoms in total. The summed E-state index contributed by atoms with van der Waals surface area (Å²) < 4.78 is 2.44. The Bertz CT molecular complexity index is 3620. The van der Waals surface area contributed by atoms with Crippen LogP contribution in [0.4, 0.5) is 17.1 Å². The molecule has 0 saturated heterocycles. The summed E-state index contributed by atoms with van der Waals surface area (Å²) >= 11 is 0. The van der Waals surface area contributed by atoms with Crippen molar-refractivity contribution >= 4 is 60.4 Å². The first kappa shape index (κ1) is 37.3. The summed E-state index contributed by atoms with van der Waals surface area (Å²) in [6, 6.07) is 92.7. The number of benzene rings is 11. The third kappa shape index (κ3) is 6.61. The highest BCUT2D eigenvalue weighted by molar-refractivity contribution is 6.13. The molecular weight excluding hydrogens is 773 g/mol. The molecule has 0 bridgehead atoms. The number of anilines is 3. The minimum atomic E-state index is 1.08. The second-order valence-corrected chi connectivity index (χ2v) is 16.5. The molecule has 0 unspecified atom stereocenters. The van der Waals surface area contributed by atoms with Crippen molar-refractivity contribution in [2.75, 3.05) is 4.90 Å². The SMILES string of the molecule is c1ccc(-c2ccc(N(c3ccc(-c4cc(-n5c6ccccc6c6cc7ccccc7cc65)ccc4-c4ccccc4)cc3)c3ccc(-c4cccc5ccccc45)cc3)cc2)cc1. The van der Waals surface area contributed by atoms with Crippen LogP contribution >= 0.6 is 0 Å². The van der Waals surface area contributed by atoms with E-state index in [-0.39, 0.29) is 0 Å². The number of hydrogen-bond donors (Lipinski definition) is 0. The molecule has 0 aliphatic rings. The Balaban J connectivity index is 0.985. The van der Waals surface area contributed by atoms with Gasteiger partial charge in [-0.3, -0.25) is 0 Å². The van der Waals surface area contributed by atoms with Crippen molar-refractivity contribution in [3.63, 3.8) is 0 Å². The molecule has 0 aliphatic carbocycles. The van der Waals surface area contributed by atoms with Crippen LogP contribution in [0.3, 0.4) is 0 Å². The van der Waals surface area contributed by atoms with E-state index in [9.17, 15) is 0 Å². The zero-order valence-electron chi connectivity index (χ0n) is 35.1. The van der Waals surface area contributed by atoms with Crippen molar-refractivity contribution in [2.24, 2.45) is 0 Å². The van der Waals surface area contributed by atoms with Crippen LogP contribution in [0, 0.1) is 0 Å². The number of para-hydroxylation sites is 1. The monoisotopic (exact) mass is 814 g/mol. The molecule has 0 radical (unpaired) electrons. The Morgan fingerprint density at radius 2 is 0.734 bits per heavy atom. The van der Waals surface area contributed by atoms with Crippen LogP contribution < -0.4 is 4.90 Å². The van der Waals surface area contributed by atoms with E-state index in [0.29, 0.717) is 0 Å². The molecule has 300 valence electrons. The molecule has 0 N–H and O–H groups in total. The van der Waals surface area contributed by atoms with Gasteiger partial charge in [0, 0.05) is 33.5 Å². The zero-order chi connectivity index (χ0) is 42.4. The molecule has 2 heteroatoms.